The molecule has 1 fully saturated rings. The molecule has 0 spiro atoms. The lowest BCUT2D eigenvalue weighted by atomic mass is 10.0. The van der Waals surface area contributed by atoms with Gasteiger partial charge in [0.15, 0.2) is 0 Å². The van der Waals surface area contributed by atoms with Crippen LogP contribution < -0.4 is 15.8 Å². The molecule has 0 atom stereocenters. The number of amides is 1. The predicted octanol–water partition coefficient (Wildman–Crippen LogP) is -0.0309. The molecule has 0 unspecified atom stereocenters. The first kappa shape index (κ1) is 15.1. The molecule has 0 aromatic carbocycles. The average Bonchev–Trinajstić information content (AvgIpc) is 2.59. The Kier molecular flexibility index (Phi) is 4.31. The van der Waals surface area contributed by atoms with Crippen molar-refractivity contribution in [2.45, 2.75) is 18.9 Å². The predicted molar refractivity (Wildman–Crippen MR) is 84.2 cm³/mol. The van der Waals surface area contributed by atoms with E-state index in [0.29, 0.717) is 0 Å². The smallest absolute Gasteiger partial charge is 0.289 e. The topological polar surface area (TPSA) is 93.0 Å². The van der Waals surface area contributed by atoms with Crippen LogP contribution in [0.2, 0.25) is 0 Å². The fourth-order valence-electron chi connectivity index (χ4n) is 2.58. The van der Waals surface area contributed by atoms with Crippen molar-refractivity contribution in [2.24, 2.45) is 7.05 Å². The molecule has 23 heavy (non-hydrogen) atoms. The van der Waals surface area contributed by atoms with Crippen molar-refractivity contribution >= 4 is 11.7 Å². The number of carbonyl (C=O) groups excluding carboxylic acids is 1. The summed E-state index contributed by atoms with van der Waals surface area (Å²) < 4.78 is 1.33. The molecule has 2 aromatic heterocycles. The summed E-state index contributed by atoms with van der Waals surface area (Å²) in [7, 11) is 1.64. The molecule has 8 nitrogen and oxygen atoms in total. The van der Waals surface area contributed by atoms with Crippen molar-refractivity contribution in [3.8, 4) is 0 Å². The summed E-state index contributed by atoms with van der Waals surface area (Å²) in [5, 5.41) is 7.21. The molecule has 8 heteroatoms. The second kappa shape index (κ2) is 6.55. The van der Waals surface area contributed by atoms with Crippen LogP contribution in [-0.4, -0.2) is 44.8 Å². The number of aryl methyl sites for hydroxylation is 1. The quantitative estimate of drug-likeness (QED) is 0.855. The van der Waals surface area contributed by atoms with Gasteiger partial charge < -0.3 is 10.2 Å². The number of hydrogen-bond donors (Lipinski definition) is 1. The molecule has 1 aliphatic heterocycles. The van der Waals surface area contributed by atoms with Gasteiger partial charge in [-0.25, -0.2) is 14.6 Å². The second-order valence-corrected chi connectivity index (χ2v) is 5.46. The Morgan fingerprint density at radius 1 is 1.22 bits per heavy atom. The Balaban J connectivity index is 1.57. The van der Waals surface area contributed by atoms with Gasteiger partial charge in [-0.05, 0) is 25.0 Å². The molecular weight excluding hydrogens is 296 g/mol. The highest BCUT2D eigenvalue weighted by molar-refractivity contribution is 5.90. The molecular formula is C15H18N6O2. The molecule has 1 amide bonds. The first-order valence-corrected chi connectivity index (χ1v) is 7.50. The Hall–Kier alpha value is -2.77. The summed E-state index contributed by atoms with van der Waals surface area (Å²) in [6.45, 7) is 1.54. The van der Waals surface area contributed by atoms with Crippen molar-refractivity contribution < 1.29 is 4.79 Å². The van der Waals surface area contributed by atoms with Crippen LogP contribution in [0.25, 0.3) is 0 Å². The van der Waals surface area contributed by atoms with Gasteiger partial charge >= 0.3 is 0 Å². The number of hydrogen-bond acceptors (Lipinski definition) is 6. The van der Waals surface area contributed by atoms with Gasteiger partial charge in [0.05, 0.1) is 0 Å². The van der Waals surface area contributed by atoms with Gasteiger partial charge in [0.1, 0.15) is 5.82 Å². The van der Waals surface area contributed by atoms with Gasteiger partial charge in [-0.1, -0.05) is 0 Å². The maximum Gasteiger partial charge on any atom is 0.289 e. The van der Waals surface area contributed by atoms with Crippen molar-refractivity contribution in [3.63, 3.8) is 0 Å². The van der Waals surface area contributed by atoms with Gasteiger partial charge in [-0.15, -0.1) is 0 Å². The van der Waals surface area contributed by atoms with Gasteiger partial charge in [0, 0.05) is 44.6 Å². The molecule has 3 heterocycles. The molecule has 0 saturated carbocycles. The van der Waals surface area contributed by atoms with E-state index in [1.807, 2.05) is 0 Å². The summed E-state index contributed by atoms with van der Waals surface area (Å²) in [5.41, 5.74) is -0.126. The van der Waals surface area contributed by atoms with Crippen molar-refractivity contribution in [1.82, 2.24) is 25.1 Å². The standard InChI is InChI=1S/C15H18N6O2/c1-20-13(22)4-3-12(19-20)21-9-5-11(6-10-21)18-15(23)14-16-7-2-8-17-14/h2-4,7-8,11H,5-6,9-10H2,1H3,(H,18,23). The number of rotatable bonds is 3. The van der Waals surface area contributed by atoms with Crippen LogP contribution in [0, 0.1) is 0 Å². The third kappa shape index (κ3) is 3.53. The van der Waals surface area contributed by atoms with Crippen molar-refractivity contribution in [2.75, 3.05) is 18.0 Å². The SMILES string of the molecule is Cn1nc(N2CCC(NC(=O)c3ncccn3)CC2)ccc1=O. The van der Waals surface area contributed by atoms with E-state index in [9.17, 15) is 9.59 Å². The van der Waals surface area contributed by atoms with E-state index >= 15 is 0 Å². The van der Waals surface area contributed by atoms with Crippen LogP contribution in [0.1, 0.15) is 23.5 Å². The summed E-state index contributed by atoms with van der Waals surface area (Å²) in [6.07, 6.45) is 4.72. The fourth-order valence-corrected chi connectivity index (χ4v) is 2.58. The summed E-state index contributed by atoms with van der Waals surface area (Å²) >= 11 is 0. The summed E-state index contributed by atoms with van der Waals surface area (Å²) in [4.78, 5) is 33.4. The number of piperidine rings is 1. The highest BCUT2D eigenvalue weighted by Crippen LogP contribution is 2.16. The summed E-state index contributed by atoms with van der Waals surface area (Å²) in [6, 6.07) is 5.02. The molecule has 1 aliphatic rings. The van der Waals surface area contributed by atoms with Crippen LogP contribution in [0.3, 0.4) is 0 Å². The zero-order valence-corrected chi connectivity index (χ0v) is 12.8. The van der Waals surface area contributed by atoms with Crippen LogP contribution in [0.4, 0.5) is 5.82 Å². The molecule has 120 valence electrons. The molecule has 0 bridgehead atoms. The summed E-state index contributed by atoms with van der Waals surface area (Å²) in [5.74, 6) is 0.724. The highest BCUT2D eigenvalue weighted by atomic mass is 16.2. The Morgan fingerprint density at radius 2 is 1.91 bits per heavy atom. The maximum atomic E-state index is 12.0. The third-order valence-electron chi connectivity index (χ3n) is 3.87. The monoisotopic (exact) mass is 314 g/mol. The molecule has 1 N–H and O–H groups in total. The number of nitrogens with one attached hydrogen (secondary N) is 1. The number of carbonyl (C=O) groups is 1. The van der Waals surface area contributed by atoms with E-state index in [0.717, 1.165) is 31.7 Å². The van der Waals surface area contributed by atoms with Crippen LogP contribution in [-0.2, 0) is 7.05 Å². The lowest BCUT2D eigenvalue weighted by Gasteiger charge is -2.32. The first-order chi connectivity index (χ1) is 11.1. The minimum Gasteiger partial charge on any atom is -0.355 e. The average molecular weight is 314 g/mol. The number of aromatic nitrogens is 4. The normalized spacial score (nSPS) is 15.4. The Morgan fingerprint density at radius 3 is 2.57 bits per heavy atom. The van der Waals surface area contributed by atoms with Gasteiger partial charge in [-0.3, -0.25) is 9.59 Å². The van der Waals surface area contributed by atoms with Crippen LogP contribution >= 0.6 is 0 Å². The van der Waals surface area contributed by atoms with Crippen LogP contribution in [0.15, 0.2) is 35.4 Å². The molecule has 0 radical (unpaired) electrons. The number of nitrogens with zero attached hydrogens (tertiary/aromatic N) is 5. The molecule has 1 saturated heterocycles. The molecule has 0 aliphatic carbocycles. The maximum absolute atomic E-state index is 12.0. The highest BCUT2D eigenvalue weighted by Gasteiger charge is 2.22. The number of anilines is 1. The Bertz CT molecular complexity index is 737. The lowest BCUT2D eigenvalue weighted by molar-refractivity contribution is 0.0920. The fraction of sp³-hybridized carbons (Fsp3) is 0.400. The van der Waals surface area contributed by atoms with E-state index in [1.165, 1.54) is 10.7 Å². The largest absolute Gasteiger partial charge is 0.355 e. The van der Waals surface area contributed by atoms with Crippen molar-refractivity contribution in [1.29, 1.82) is 0 Å². The zero-order valence-electron chi connectivity index (χ0n) is 12.8. The van der Waals surface area contributed by atoms with E-state index < -0.39 is 0 Å². The third-order valence-corrected chi connectivity index (χ3v) is 3.87. The second-order valence-electron chi connectivity index (χ2n) is 5.46. The van der Waals surface area contributed by atoms with E-state index in [1.54, 1.807) is 31.6 Å². The van der Waals surface area contributed by atoms with Crippen LogP contribution in [0.5, 0.6) is 0 Å². The van der Waals surface area contributed by atoms with Crippen molar-refractivity contribution in [3.05, 3.63) is 46.8 Å². The molecule has 2 aromatic rings. The van der Waals surface area contributed by atoms with Gasteiger partial charge in [0.25, 0.3) is 11.5 Å². The van der Waals surface area contributed by atoms with E-state index in [4.69, 9.17) is 0 Å². The van der Waals surface area contributed by atoms with Gasteiger partial charge in [-0.2, -0.15) is 5.10 Å². The van der Waals surface area contributed by atoms with E-state index in [-0.39, 0.29) is 23.3 Å². The van der Waals surface area contributed by atoms with Gasteiger partial charge in [0.2, 0.25) is 5.82 Å². The molecule has 3 rings (SSSR count). The Labute approximate surface area is 133 Å². The van der Waals surface area contributed by atoms with E-state index in [2.05, 4.69) is 25.3 Å². The minimum absolute atomic E-state index is 0.0927. The zero-order chi connectivity index (χ0) is 16.2. The lowest BCUT2D eigenvalue weighted by Crippen LogP contribution is -2.45. The minimum atomic E-state index is -0.246. The first-order valence-electron chi connectivity index (χ1n) is 7.50.